The second-order valence-corrected chi connectivity index (χ2v) is 4.85. The van der Waals surface area contributed by atoms with Gasteiger partial charge in [0.2, 0.25) is 0 Å². The van der Waals surface area contributed by atoms with Gasteiger partial charge in [0, 0.05) is 13.2 Å². The first-order valence-electron chi connectivity index (χ1n) is 6.45. The number of hydrogen-bond donors (Lipinski definition) is 0. The van der Waals surface area contributed by atoms with E-state index in [1.165, 1.54) is 10.7 Å². The van der Waals surface area contributed by atoms with Gasteiger partial charge in [0.05, 0.1) is 23.0 Å². The van der Waals surface area contributed by atoms with Crippen molar-refractivity contribution in [3.63, 3.8) is 0 Å². The van der Waals surface area contributed by atoms with Gasteiger partial charge in [-0.25, -0.2) is 9.67 Å². The minimum Gasteiger partial charge on any atom is -0.275 e. The van der Waals surface area contributed by atoms with E-state index in [4.69, 9.17) is 0 Å². The van der Waals surface area contributed by atoms with E-state index in [0.29, 0.717) is 22.9 Å². The first kappa shape index (κ1) is 14.3. The van der Waals surface area contributed by atoms with Crippen LogP contribution in [0.2, 0.25) is 0 Å². The average molecular weight is 307 g/mol. The molecular formula is C14H12F3N5. The summed E-state index contributed by atoms with van der Waals surface area (Å²) in [5.41, 5.74) is 0.255. The summed E-state index contributed by atoms with van der Waals surface area (Å²) in [5, 5.41) is 8.24. The minimum atomic E-state index is -4.40. The first-order valence-corrected chi connectivity index (χ1v) is 6.45. The third-order valence-corrected chi connectivity index (χ3v) is 3.09. The van der Waals surface area contributed by atoms with Gasteiger partial charge in [-0.1, -0.05) is 6.07 Å². The quantitative estimate of drug-likeness (QED) is 0.731. The predicted molar refractivity (Wildman–Crippen MR) is 73.3 cm³/mol. The highest BCUT2D eigenvalue weighted by Gasteiger charge is 2.30. The number of benzene rings is 1. The third-order valence-electron chi connectivity index (χ3n) is 3.09. The molecule has 0 atom stereocenters. The Morgan fingerprint density at radius 1 is 1.18 bits per heavy atom. The molecule has 114 valence electrons. The molecule has 8 heteroatoms. The van der Waals surface area contributed by atoms with Gasteiger partial charge >= 0.3 is 6.18 Å². The molecule has 0 aliphatic carbocycles. The van der Waals surface area contributed by atoms with Crippen LogP contribution in [0.15, 0.2) is 36.7 Å². The molecule has 0 amide bonds. The fraction of sp³-hybridized carbons (Fsp3) is 0.214. The van der Waals surface area contributed by atoms with Crippen molar-refractivity contribution in [1.29, 1.82) is 0 Å². The normalized spacial score (nSPS) is 11.9. The lowest BCUT2D eigenvalue weighted by Gasteiger charge is -2.09. The zero-order chi connectivity index (χ0) is 15.9. The molecule has 22 heavy (non-hydrogen) atoms. The first-order chi connectivity index (χ1) is 10.3. The summed E-state index contributed by atoms with van der Waals surface area (Å²) >= 11 is 0. The Morgan fingerprint density at radius 3 is 2.59 bits per heavy atom. The number of aromatic nitrogens is 5. The number of halogens is 3. The number of nitrogens with zero attached hydrogens (tertiary/aromatic N) is 5. The van der Waals surface area contributed by atoms with Crippen molar-refractivity contribution in [2.45, 2.75) is 13.1 Å². The van der Waals surface area contributed by atoms with Crippen molar-refractivity contribution >= 4 is 0 Å². The topological polar surface area (TPSA) is 48.5 Å². The SMILES string of the molecule is Cc1nc(-c2cnn(C)c2)n(-c2cccc(C(F)(F)F)c2)n1. The summed E-state index contributed by atoms with van der Waals surface area (Å²) in [5.74, 6) is 0.918. The number of aryl methyl sites for hydroxylation is 2. The van der Waals surface area contributed by atoms with E-state index >= 15 is 0 Å². The van der Waals surface area contributed by atoms with E-state index in [0.717, 1.165) is 12.1 Å². The van der Waals surface area contributed by atoms with E-state index < -0.39 is 11.7 Å². The maximum Gasteiger partial charge on any atom is 0.416 e. The highest BCUT2D eigenvalue weighted by molar-refractivity contribution is 5.56. The summed E-state index contributed by atoms with van der Waals surface area (Å²) in [7, 11) is 1.75. The molecule has 0 spiro atoms. The van der Waals surface area contributed by atoms with Crippen molar-refractivity contribution < 1.29 is 13.2 Å². The van der Waals surface area contributed by atoms with Crippen LogP contribution >= 0.6 is 0 Å². The Morgan fingerprint density at radius 2 is 1.95 bits per heavy atom. The van der Waals surface area contributed by atoms with Gasteiger partial charge < -0.3 is 0 Å². The lowest BCUT2D eigenvalue weighted by atomic mass is 10.2. The Labute approximate surface area is 124 Å². The molecule has 3 aromatic rings. The molecule has 0 saturated heterocycles. The van der Waals surface area contributed by atoms with Gasteiger partial charge in [-0.3, -0.25) is 4.68 Å². The summed E-state index contributed by atoms with van der Waals surface area (Å²) < 4.78 is 41.6. The van der Waals surface area contributed by atoms with Gasteiger partial charge in [0.15, 0.2) is 5.82 Å². The van der Waals surface area contributed by atoms with Crippen molar-refractivity contribution in [1.82, 2.24) is 24.5 Å². The fourth-order valence-electron chi connectivity index (χ4n) is 2.13. The highest BCUT2D eigenvalue weighted by Crippen LogP contribution is 2.31. The second-order valence-electron chi connectivity index (χ2n) is 4.85. The fourth-order valence-corrected chi connectivity index (χ4v) is 2.13. The van der Waals surface area contributed by atoms with Gasteiger partial charge in [-0.15, -0.1) is 0 Å². The monoisotopic (exact) mass is 307 g/mol. The molecule has 0 aliphatic heterocycles. The molecule has 3 rings (SSSR count). The van der Waals surface area contributed by atoms with Crippen LogP contribution in [0.3, 0.4) is 0 Å². The lowest BCUT2D eigenvalue weighted by molar-refractivity contribution is -0.137. The lowest BCUT2D eigenvalue weighted by Crippen LogP contribution is -2.07. The summed E-state index contributed by atoms with van der Waals surface area (Å²) in [4.78, 5) is 4.28. The predicted octanol–water partition coefficient (Wildman–Crippen LogP) is 3.00. The van der Waals surface area contributed by atoms with Crippen molar-refractivity contribution in [2.75, 3.05) is 0 Å². The summed E-state index contributed by atoms with van der Waals surface area (Å²) in [6.45, 7) is 1.68. The molecule has 1 aromatic carbocycles. The molecule has 2 heterocycles. The van der Waals surface area contributed by atoms with Crippen LogP contribution < -0.4 is 0 Å². The molecule has 5 nitrogen and oxygen atoms in total. The van der Waals surface area contributed by atoms with Crippen LogP contribution in [-0.2, 0) is 13.2 Å². The van der Waals surface area contributed by atoms with Gasteiger partial charge in [0.25, 0.3) is 0 Å². The minimum absolute atomic E-state index is 0.300. The van der Waals surface area contributed by atoms with Crippen molar-refractivity contribution in [3.8, 4) is 17.1 Å². The molecule has 0 fully saturated rings. The number of alkyl halides is 3. The van der Waals surface area contributed by atoms with Crippen molar-refractivity contribution in [2.24, 2.45) is 7.05 Å². The summed E-state index contributed by atoms with van der Waals surface area (Å²) in [6.07, 6.45) is -1.08. The summed E-state index contributed by atoms with van der Waals surface area (Å²) in [6, 6.07) is 4.98. The zero-order valence-corrected chi connectivity index (χ0v) is 11.8. The molecular weight excluding hydrogens is 295 g/mol. The standard InChI is InChI=1S/C14H12F3N5/c1-9-19-13(10-7-18-21(2)8-10)22(20-9)12-5-3-4-11(6-12)14(15,16)17/h3-8H,1-2H3. The molecule has 0 radical (unpaired) electrons. The maximum atomic E-state index is 12.9. The van der Waals surface area contributed by atoms with E-state index in [2.05, 4.69) is 15.2 Å². The molecule has 2 aromatic heterocycles. The van der Waals surface area contributed by atoms with Crippen LogP contribution in [0.1, 0.15) is 11.4 Å². The van der Waals surface area contributed by atoms with Gasteiger partial charge in [-0.2, -0.15) is 23.4 Å². The van der Waals surface area contributed by atoms with Crippen LogP contribution in [0.4, 0.5) is 13.2 Å². The Bertz CT molecular complexity index is 816. The third kappa shape index (κ3) is 2.59. The molecule has 0 N–H and O–H groups in total. The number of hydrogen-bond acceptors (Lipinski definition) is 3. The largest absolute Gasteiger partial charge is 0.416 e. The van der Waals surface area contributed by atoms with Crippen LogP contribution in [-0.4, -0.2) is 24.5 Å². The average Bonchev–Trinajstić information content (AvgIpc) is 3.04. The molecule has 0 bridgehead atoms. The Hall–Kier alpha value is -2.64. The van der Waals surface area contributed by atoms with Crippen LogP contribution in [0.25, 0.3) is 17.1 Å². The Balaban J connectivity index is 2.13. The number of rotatable bonds is 2. The highest BCUT2D eigenvalue weighted by atomic mass is 19.4. The van der Waals surface area contributed by atoms with E-state index in [9.17, 15) is 13.2 Å². The maximum absolute atomic E-state index is 12.9. The smallest absolute Gasteiger partial charge is 0.275 e. The molecule has 0 saturated carbocycles. The van der Waals surface area contributed by atoms with Crippen LogP contribution in [0, 0.1) is 6.92 Å². The van der Waals surface area contributed by atoms with E-state index in [1.807, 2.05) is 0 Å². The van der Waals surface area contributed by atoms with E-state index in [-0.39, 0.29) is 0 Å². The second kappa shape index (κ2) is 4.97. The van der Waals surface area contributed by atoms with Gasteiger partial charge in [0.1, 0.15) is 5.82 Å². The van der Waals surface area contributed by atoms with Gasteiger partial charge in [-0.05, 0) is 25.1 Å². The zero-order valence-electron chi connectivity index (χ0n) is 11.8. The molecule has 0 aliphatic rings. The Kier molecular flexibility index (Phi) is 3.23. The molecule has 0 unspecified atom stereocenters. The van der Waals surface area contributed by atoms with Crippen LogP contribution in [0.5, 0.6) is 0 Å². The van der Waals surface area contributed by atoms with E-state index in [1.54, 1.807) is 37.1 Å². The van der Waals surface area contributed by atoms with Crippen molar-refractivity contribution in [3.05, 3.63) is 48.0 Å².